The lowest BCUT2D eigenvalue weighted by Gasteiger charge is -2.33. The van der Waals surface area contributed by atoms with Gasteiger partial charge >= 0.3 is 6.11 Å². The first kappa shape index (κ1) is 17.7. The SMILES string of the molecule is Cc1ccc(-c2ccc3c(c2F)OC(F)(F)C(c2ccc(C)cc2)C3)cc1. The van der Waals surface area contributed by atoms with Gasteiger partial charge in [0.2, 0.25) is 0 Å². The van der Waals surface area contributed by atoms with Gasteiger partial charge < -0.3 is 4.74 Å². The van der Waals surface area contributed by atoms with Crippen molar-refractivity contribution < 1.29 is 17.9 Å². The first-order valence-corrected chi connectivity index (χ1v) is 8.87. The third-order valence-corrected chi connectivity index (χ3v) is 5.09. The van der Waals surface area contributed by atoms with E-state index in [9.17, 15) is 8.78 Å². The van der Waals surface area contributed by atoms with Crippen LogP contribution in [0.3, 0.4) is 0 Å². The van der Waals surface area contributed by atoms with Crippen LogP contribution in [0.25, 0.3) is 11.1 Å². The van der Waals surface area contributed by atoms with Gasteiger partial charge in [0.05, 0.1) is 5.92 Å². The summed E-state index contributed by atoms with van der Waals surface area (Å²) in [5.41, 5.74) is 3.87. The molecule has 1 unspecified atom stereocenters. The average molecular weight is 368 g/mol. The van der Waals surface area contributed by atoms with E-state index in [1.807, 2.05) is 26.0 Å². The quantitative estimate of drug-likeness (QED) is 0.507. The van der Waals surface area contributed by atoms with Crippen molar-refractivity contribution in [2.75, 3.05) is 0 Å². The molecule has 0 saturated carbocycles. The molecule has 0 bridgehead atoms. The van der Waals surface area contributed by atoms with E-state index in [2.05, 4.69) is 0 Å². The minimum Gasteiger partial charge on any atom is -0.429 e. The van der Waals surface area contributed by atoms with Crippen molar-refractivity contribution in [1.29, 1.82) is 0 Å². The summed E-state index contributed by atoms with van der Waals surface area (Å²) in [6.45, 7) is 3.83. The average Bonchev–Trinajstić information content (AvgIpc) is 2.64. The summed E-state index contributed by atoms with van der Waals surface area (Å²) < 4.78 is 49.4. The molecule has 0 saturated heterocycles. The zero-order valence-corrected chi connectivity index (χ0v) is 15.1. The smallest absolute Gasteiger partial charge is 0.405 e. The first-order valence-electron chi connectivity index (χ1n) is 8.87. The van der Waals surface area contributed by atoms with E-state index in [4.69, 9.17) is 4.74 Å². The second kappa shape index (κ2) is 6.45. The van der Waals surface area contributed by atoms with E-state index >= 15 is 4.39 Å². The summed E-state index contributed by atoms with van der Waals surface area (Å²) in [5.74, 6) is -2.23. The fourth-order valence-electron chi connectivity index (χ4n) is 3.48. The standard InChI is InChI=1S/C23H19F3O/c1-14-3-7-16(8-4-14)19-12-11-18-13-20(17-9-5-15(2)6-10-17)23(25,26)27-22(18)21(19)24/h3-12,20H,13H2,1-2H3. The number of halogens is 3. The second-order valence-corrected chi connectivity index (χ2v) is 7.11. The monoisotopic (exact) mass is 368 g/mol. The fourth-order valence-corrected chi connectivity index (χ4v) is 3.48. The predicted molar refractivity (Wildman–Crippen MR) is 99.8 cm³/mol. The topological polar surface area (TPSA) is 9.23 Å². The zero-order chi connectivity index (χ0) is 19.2. The highest BCUT2D eigenvalue weighted by molar-refractivity contribution is 5.68. The summed E-state index contributed by atoms with van der Waals surface area (Å²) >= 11 is 0. The maximum absolute atomic E-state index is 15.0. The molecule has 0 radical (unpaired) electrons. The van der Waals surface area contributed by atoms with Gasteiger partial charge in [-0.25, -0.2) is 4.39 Å². The van der Waals surface area contributed by atoms with Crippen molar-refractivity contribution >= 4 is 0 Å². The number of rotatable bonds is 2. The highest BCUT2D eigenvalue weighted by Gasteiger charge is 2.48. The molecule has 4 heteroatoms. The van der Waals surface area contributed by atoms with Crippen LogP contribution in [0, 0.1) is 19.7 Å². The summed E-state index contributed by atoms with van der Waals surface area (Å²) in [5, 5.41) is 0. The summed E-state index contributed by atoms with van der Waals surface area (Å²) in [7, 11) is 0. The van der Waals surface area contributed by atoms with Crippen molar-refractivity contribution in [3.63, 3.8) is 0 Å². The first-order chi connectivity index (χ1) is 12.8. The van der Waals surface area contributed by atoms with Crippen molar-refractivity contribution in [3.8, 4) is 16.9 Å². The number of hydrogen-bond acceptors (Lipinski definition) is 1. The lowest BCUT2D eigenvalue weighted by Crippen LogP contribution is -2.38. The second-order valence-electron chi connectivity index (χ2n) is 7.11. The van der Waals surface area contributed by atoms with Gasteiger partial charge in [-0.2, -0.15) is 8.78 Å². The Bertz CT molecular complexity index is 976. The predicted octanol–water partition coefficient (Wildman–Crippen LogP) is 6.42. The van der Waals surface area contributed by atoms with E-state index in [-0.39, 0.29) is 17.7 Å². The van der Waals surface area contributed by atoms with Crippen LogP contribution in [0.1, 0.15) is 28.2 Å². The van der Waals surface area contributed by atoms with Gasteiger partial charge in [-0.05, 0) is 37.0 Å². The lowest BCUT2D eigenvalue weighted by molar-refractivity contribution is -0.203. The minimum absolute atomic E-state index is 0.0243. The van der Waals surface area contributed by atoms with E-state index in [0.717, 1.165) is 11.1 Å². The summed E-state index contributed by atoms with van der Waals surface area (Å²) in [6.07, 6.45) is -3.45. The maximum Gasteiger partial charge on any atom is 0.405 e. The molecule has 27 heavy (non-hydrogen) atoms. The van der Waals surface area contributed by atoms with Gasteiger partial charge in [-0.3, -0.25) is 0 Å². The van der Waals surface area contributed by atoms with Crippen LogP contribution >= 0.6 is 0 Å². The number of ether oxygens (including phenoxy) is 1. The minimum atomic E-state index is -3.48. The van der Waals surface area contributed by atoms with Crippen LogP contribution < -0.4 is 4.74 Å². The molecule has 1 aliphatic rings. The molecule has 3 aromatic rings. The Morgan fingerprint density at radius 2 is 1.44 bits per heavy atom. The highest BCUT2D eigenvalue weighted by atomic mass is 19.3. The van der Waals surface area contributed by atoms with Crippen LogP contribution in [0.2, 0.25) is 0 Å². The normalized spacial score (nSPS) is 17.9. The van der Waals surface area contributed by atoms with Crippen LogP contribution in [0.5, 0.6) is 5.75 Å². The van der Waals surface area contributed by atoms with Crippen LogP contribution in [-0.2, 0) is 6.42 Å². The molecular weight excluding hydrogens is 349 g/mol. The number of hydrogen-bond donors (Lipinski definition) is 0. The van der Waals surface area contributed by atoms with Crippen molar-refractivity contribution in [2.24, 2.45) is 0 Å². The molecule has 0 N–H and O–H groups in total. The molecule has 0 amide bonds. The van der Waals surface area contributed by atoms with Gasteiger partial charge in [0.15, 0.2) is 11.6 Å². The van der Waals surface area contributed by atoms with Gasteiger partial charge in [0.25, 0.3) is 0 Å². The van der Waals surface area contributed by atoms with Crippen LogP contribution in [0.4, 0.5) is 13.2 Å². The van der Waals surface area contributed by atoms with Crippen LogP contribution in [-0.4, -0.2) is 6.11 Å². The van der Waals surface area contributed by atoms with E-state index in [1.165, 1.54) is 0 Å². The zero-order valence-electron chi connectivity index (χ0n) is 15.1. The van der Waals surface area contributed by atoms with E-state index < -0.39 is 17.8 Å². The number of benzene rings is 3. The Hall–Kier alpha value is -2.75. The molecule has 1 atom stereocenters. The Kier molecular flexibility index (Phi) is 4.22. The fraction of sp³-hybridized carbons (Fsp3) is 0.217. The van der Waals surface area contributed by atoms with Crippen molar-refractivity contribution in [1.82, 2.24) is 0 Å². The molecule has 0 aliphatic carbocycles. The van der Waals surface area contributed by atoms with Crippen LogP contribution in [0.15, 0.2) is 60.7 Å². The lowest BCUT2D eigenvalue weighted by atomic mass is 9.87. The number of fused-ring (bicyclic) bond motifs is 1. The molecule has 0 aromatic heterocycles. The third kappa shape index (κ3) is 3.20. The Labute approximate surface area is 156 Å². The number of alkyl halides is 2. The Morgan fingerprint density at radius 3 is 2.07 bits per heavy atom. The van der Waals surface area contributed by atoms with E-state index in [0.29, 0.717) is 16.7 Å². The molecule has 138 valence electrons. The molecule has 4 rings (SSSR count). The molecule has 0 fully saturated rings. The Balaban J connectivity index is 1.74. The molecular formula is C23H19F3O. The highest BCUT2D eigenvalue weighted by Crippen LogP contribution is 2.47. The summed E-state index contributed by atoms with van der Waals surface area (Å²) in [4.78, 5) is 0. The number of aryl methyl sites for hydroxylation is 2. The van der Waals surface area contributed by atoms with Gasteiger partial charge in [-0.15, -0.1) is 0 Å². The molecule has 1 heterocycles. The molecule has 3 aromatic carbocycles. The maximum atomic E-state index is 15.0. The van der Waals surface area contributed by atoms with Gasteiger partial charge in [0.1, 0.15) is 0 Å². The largest absolute Gasteiger partial charge is 0.429 e. The molecule has 1 nitrogen and oxygen atoms in total. The van der Waals surface area contributed by atoms with Crippen molar-refractivity contribution in [3.05, 3.63) is 88.7 Å². The van der Waals surface area contributed by atoms with Crippen molar-refractivity contribution in [2.45, 2.75) is 32.3 Å². The Morgan fingerprint density at radius 1 is 0.852 bits per heavy atom. The van der Waals surface area contributed by atoms with Gasteiger partial charge in [-0.1, -0.05) is 71.8 Å². The molecule has 1 aliphatic heterocycles. The summed E-state index contributed by atoms with van der Waals surface area (Å²) in [6, 6.07) is 17.5. The third-order valence-electron chi connectivity index (χ3n) is 5.09. The molecule has 0 spiro atoms. The van der Waals surface area contributed by atoms with Gasteiger partial charge in [0, 0.05) is 5.56 Å². The van der Waals surface area contributed by atoms with E-state index in [1.54, 1.807) is 48.5 Å².